The molecule has 2 fully saturated rings. The Balaban J connectivity index is 1.77. The van der Waals surface area contributed by atoms with Crippen molar-refractivity contribution in [3.05, 3.63) is 22.8 Å². The van der Waals surface area contributed by atoms with Gasteiger partial charge in [0.15, 0.2) is 0 Å². The molecule has 1 aromatic heterocycles. The van der Waals surface area contributed by atoms with Gasteiger partial charge in [-0.3, -0.25) is 0 Å². The summed E-state index contributed by atoms with van der Waals surface area (Å²) < 4.78 is 0. The summed E-state index contributed by atoms with van der Waals surface area (Å²) in [6.07, 6.45) is 6.76. The largest absolute Gasteiger partial charge is 0.313 e. The van der Waals surface area contributed by atoms with E-state index >= 15 is 0 Å². The Morgan fingerprint density at radius 1 is 1.10 bits per heavy atom. The van der Waals surface area contributed by atoms with Crippen molar-refractivity contribution in [2.24, 2.45) is 11.8 Å². The fourth-order valence-corrected chi connectivity index (χ4v) is 4.14. The summed E-state index contributed by atoms with van der Waals surface area (Å²) in [4.78, 5) is 9.72. The van der Waals surface area contributed by atoms with Crippen LogP contribution in [0.4, 0.5) is 0 Å². The zero-order chi connectivity index (χ0) is 14.1. The molecule has 20 heavy (non-hydrogen) atoms. The van der Waals surface area contributed by atoms with Gasteiger partial charge in [0, 0.05) is 29.4 Å². The number of nitrogens with zero attached hydrogens (tertiary/aromatic N) is 2. The molecule has 3 unspecified atom stereocenters. The Kier molecular flexibility index (Phi) is 4.06. The number of hydrogen-bond acceptors (Lipinski definition) is 3. The van der Waals surface area contributed by atoms with E-state index in [1.165, 1.54) is 49.1 Å². The fourth-order valence-electron chi connectivity index (χ4n) is 4.14. The second kappa shape index (κ2) is 5.80. The Hall–Kier alpha value is -0.960. The van der Waals surface area contributed by atoms with E-state index in [0.29, 0.717) is 5.92 Å². The average Bonchev–Trinajstić information content (AvgIpc) is 3.04. The molecule has 3 heteroatoms. The van der Waals surface area contributed by atoms with Crippen LogP contribution in [0.15, 0.2) is 0 Å². The molecule has 3 rings (SSSR count). The van der Waals surface area contributed by atoms with Crippen LogP contribution < -0.4 is 5.32 Å². The van der Waals surface area contributed by atoms with Crippen molar-refractivity contribution < 1.29 is 0 Å². The standard InChI is InChI=1S/C17H27N3/c1-4-7-18-10-16-11(2)19-17(20-12(16)3)15-9-13-5-6-14(15)8-13/h13-15,18H,4-10H2,1-3H3. The molecule has 0 spiro atoms. The Morgan fingerprint density at radius 3 is 2.40 bits per heavy atom. The lowest BCUT2D eigenvalue weighted by Gasteiger charge is -2.22. The van der Waals surface area contributed by atoms with Crippen LogP contribution in [0.5, 0.6) is 0 Å². The molecule has 0 radical (unpaired) electrons. The average molecular weight is 273 g/mol. The highest BCUT2D eigenvalue weighted by molar-refractivity contribution is 5.25. The van der Waals surface area contributed by atoms with Crippen LogP contribution in [0.2, 0.25) is 0 Å². The molecule has 3 atom stereocenters. The predicted molar refractivity (Wildman–Crippen MR) is 81.7 cm³/mol. The van der Waals surface area contributed by atoms with Gasteiger partial charge in [-0.2, -0.15) is 0 Å². The van der Waals surface area contributed by atoms with E-state index in [9.17, 15) is 0 Å². The lowest BCUT2D eigenvalue weighted by molar-refractivity contribution is 0.403. The molecular formula is C17H27N3. The lowest BCUT2D eigenvalue weighted by atomic mass is 9.88. The maximum absolute atomic E-state index is 4.86. The van der Waals surface area contributed by atoms with Gasteiger partial charge < -0.3 is 5.32 Å². The highest BCUT2D eigenvalue weighted by Gasteiger charge is 2.41. The molecule has 0 aliphatic heterocycles. The fraction of sp³-hybridized carbons (Fsp3) is 0.765. The zero-order valence-electron chi connectivity index (χ0n) is 13.1. The molecular weight excluding hydrogens is 246 g/mol. The first-order chi connectivity index (χ1) is 9.69. The van der Waals surface area contributed by atoms with Crippen molar-refractivity contribution in [3.8, 4) is 0 Å². The quantitative estimate of drug-likeness (QED) is 0.834. The summed E-state index contributed by atoms with van der Waals surface area (Å²) in [5.74, 6) is 3.60. The molecule has 2 aliphatic carbocycles. The number of rotatable bonds is 5. The van der Waals surface area contributed by atoms with Crippen molar-refractivity contribution in [2.75, 3.05) is 6.54 Å². The molecule has 2 saturated carbocycles. The number of fused-ring (bicyclic) bond motifs is 2. The van der Waals surface area contributed by atoms with Gasteiger partial charge >= 0.3 is 0 Å². The number of aromatic nitrogens is 2. The van der Waals surface area contributed by atoms with Gasteiger partial charge in [0.2, 0.25) is 0 Å². The van der Waals surface area contributed by atoms with Crippen molar-refractivity contribution in [2.45, 2.75) is 65.3 Å². The topological polar surface area (TPSA) is 37.8 Å². The molecule has 1 N–H and O–H groups in total. The Bertz CT molecular complexity index is 460. The third-order valence-corrected chi connectivity index (χ3v) is 5.24. The van der Waals surface area contributed by atoms with E-state index in [2.05, 4.69) is 26.1 Å². The summed E-state index contributed by atoms with van der Waals surface area (Å²) in [5, 5.41) is 3.47. The van der Waals surface area contributed by atoms with Crippen molar-refractivity contribution >= 4 is 0 Å². The van der Waals surface area contributed by atoms with Crippen molar-refractivity contribution in [1.29, 1.82) is 0 Å². The third kappa shape index (κ3) is 2.60. The second-order valence-corrected chi connectivity index (χ2v) is 6.69. The monoisotopic (exact) mass is 273 g/mol. The van der Waals surface area contributed by atoms with Gasteiger partial charge in [0.05, 0.1) is 0 Å². The molecule has 110 valence electrons. The molecule has 2 aliphatic rings. The Labute approximate surface area is 122 Å². The molecule has 0 aromatic carbocycles. The molecule has 0 amide bonds. The first kappa shape index (κ1) is 14.0. The lowest BCUT2D eigenvalue weighted by Crippen LogP contribution is -2.19. The van der Waals surface area contributed by atoms with E-state index in [0.717, 1.165) is 30.7 Å². The molecule has 3 nitrogen and oxygen atoms in total. The molecule has 2 bridgehead atoms. The summed E-state index contributed by atoms with van der Waals surface area (Å²) in [6, 6.07) is 0. The van der Waals surface area contributed by atoms with Crippen LogP contribution in [0.25, 0.3) is 0 Å². The van der Waals surface area contributed by atoms with Gasteiger partial charge in [-0.15, -0.1) is 0 Å². The van der Waals surface area contributed by atoms with Crippen LogP contribution in [-0.2, 0) is 6.54 Å². The summed E-state index contributed by atoms with van der Waals surface area (Å²) in [5.41, 5.74) is 3.66. The summed E-state index contributed by atoms with van der Waals surface area (Å²) in [6.45, 7) is 8.46. The molecule has 1 heterocycles. The van der Waals surface area contributed by atoms with E-state index in [1.54, 1.807) is 0 Å². The van der Waals surface area contributed by atoms with E-state index in [-0.39, 0.29) is 0 Å². The van der Waals surface area contributed by atoms with E-state index < -0.39 is 0 Å². The van der Waals surface area contributed by atoms with Gasteiger partial charge in [-0.25, -0.2) is 9.97 Å². The third-order valence-electron chi connectivity index (χ3n) is 5.24. The number of nitrogens with one attached hydrogen (secondary N) is 1. The zero-order valence-corrected chi connectivity index (χ0v) is 13.1. The maximum Gasteiger partial charge on any atom is 0.132 e. The van der Waals surface area contributed by atoms with Crippen molar-refractivity contribution in [3.63, 3.8) is 0 Å². The highest BCUT2D eigenvalue weighted by atomic mass is 14.9. The normalized spacial score (nSPS) is 28.2. The van der Waals surface area contributed by atoms with Gasteiger partial charge in [0.1, 0.15) is 5.82 Å². The van der Waals surface area contributed by atoms with Crippen LogP contribution in [0, 0.1) is 25.7 Å². The van der Waals surface area contributed by atoms with Crippen molar-refractivity contribution in [1.82, 2.24) is 15.3 Å². The maximum atomic E-state index is 4.86. The molecule has 1 aromatic rings. The van der Waals surface area contributed by atoms with Crippen LogP contribution in [0.1, 0.15) is 67.7 Å². The van der Waals surface area contributed by atoms with E-state index in [1.807, 2.05) is 0 Å². The minimum Gasteiger partial charge on any atom is -0.313 e. The minimum atomic E-state index is 0.642. The summed E-state index contributed by atoms with van der Waals surface area (Å²) in [7, 11) is 0. The van der Waals surface area contributed by atoms with Crippen LogP contribution >= 0.6 is 0 Å². The highest BCUT2D eigenvalue weighted by Crippen LogP contribution is 2.52. The Morgan fingerprint density at radius 2 is 1.85 bits per heavy atom. The van der Waals surface area contributed by atoms with Crippen LogP contribution in [-0.4, -0.2) is 16.5 Å². The predicted octanol–water partition coefficient (Wildman–Crippen LogP) is 3.50. The van der Waals surface area contributed by atoms with Gasteiger partial charge in [-0.1, -0.05) is 13.3 Å². The van der Waals surface area contributed by atoms with Gasteiger partial charge in [0.25, 0.3) is 0 Å². The summed E-state index contributed by atoms with van der Waals surface area (Å²) >= 11 is 0. The first-order valence-corrected chi connectivity index (χ1v) is 8.23. The van der Waals surface area contributed by atoms with E-state index in [4.69, 9.17) is 9.97 Å². The SMILES string of the molecule is CCCNCc1c(C)nc(C2CC3CCC2C3)nc1C. The molecule has 0 saturated heterocycles. The first-order valence-electron chi connectivity index (χ1n) is 8.23. The number of aryl methyl sites for hydroxylation is 2. The second-order valence-electron chi connectivity index (χ2n) is 6.69. The smallest absolute Gasteiger partial charge is 0.132 e. The van der Waals surface area contributed by atoms with Gasteiger partial charge in [-0.05, 0) is 57.9 Å². The number of hydrogen-bond donors (Lipinski definition) is 1. The minimum absolute atomic E-state index is 0.642. The van der Waals surface area contributed by atoms with Crippen LogP contribution in [0.3, 0.4) is 0 Å².